The molecule has 1 heterocycles. The van der Waals surface area contributed by atoms with E-state index in [1.807, 2.05) is 12.1 Å². The Morgan fingerprint density at radius 2 is 2.12 bits per heavy atom. The fourth-order valence-electron chi connectivity index (χ4n) is 2.02. The predicted octanol–water partition coefficient (Wildman–Crippen LogP) is 3.24. The number of hydrogen-bond acceptors (Lipinski definition) is 6. The number of aromatic nitrogens is 2. The van der Waals surface area contributed by atoms with Crippen LogP contribution < -0.4 is 10.1 Å². The zero-order chi connectivity index (χ0) is 16.8. The second-order valence-corrected chi connectivity index (χ2v) is 5.43. The third kappa shape index (κ3) is 3.94. The van der Waals surface area contributed by atoms with Crippen molar-refractivity contribution in [2.24, 2.45) is 0 Å². The third-order valence-corrected chi connectivity index (χ3v) is 3.63. The van der Waals surface area contributed by atoms with Gasteiger partial charge >= 0.3 is 0 Å². The minimum atomic E-state index is -0.317. The highest BCUT2D eigenvalue weighted by Crippen LogP contribution is 2.19. The molecular formula is C17H12N4O2S. The smallest absolute Gasteiger partial charge is 0.277 e. The lowest BCUT2D eigenvalue weighted by molar-refractivity contribution is 0.102. The van der Waals surface area contributed by atoms with Crippen molar-refractivity contribution in [2.45, 2.75) is 6.61 Å². The number of benzene rings is 2. The maximum absolute atomic E-state index is 12.0. The van der Waals surface area contributed by atoms with Gasteiger partial charge in [0.15, 0.2) is 5.69 Å². The number of carbonyl (C=O) groups is 1. The molecule has 0 spiro atoms. The number of ether oxygens (including phenoxy) is 1. The van der Waals surface area contributed by atoms with Gasteiger partial charge in [-0.2, -0.15) is 14.0 Å². The standard InChI is InChI=1S/C17H12N4O2S/c18-9-12-3-1-4-13(7-12)11-23-15-6-2-5-14(8-15)20-17(22)16-10-19-24-21-16/h1-8,10H,11H2,(H,20,22). The maximum Gasteiger partial charge on any atom is 0.277 e. The Labute approximate surface area is 142 Å². The van der Waals surface area contributed by atoms with Crippen LogP contribution in [0.15, 0.2) is 54.7 Å². The molecule has 118 valence electrons. The molecule has 3 aromatic rings. The summed E-state index contributed by atoms with van der Waals surface area (Å²) in [5.74, 6) is 0.300. The number of hydrogen-bond donors (Lipinski definition) is 1. The molecule has 0 fully saturated rings. The summed E-state index contributed by atoms with van der Waals surface area (Å²) in [6.07, 6.45) is 1.42. The van der Waals surface area contributed by atoms with Crippen LogP contribution in [0.25, 0.3) is 0 Å². The highest BCUT2D eigenvalue weighted by atomic mass is 32.1. The average Bonchev–Trinajstić information content (AvgIpc) is 3.15. The maximum atomic E-state index is 12.0. The molecule has 0 aliphatic carbocycles. The summed E-state index contributed by atoms with van der Waals surface area (Å²) in [6, 6.07) is 16.4. The number of nitriles is 1. The molecule has 0 aliphatic heterocycles. The summed E-state index contributed by atoms with van der Waals surface area (Å²) >= 11 is 0.982. The van der Waals surface area contributed by atoms with Gasteiger partial charge < -0.3 is 10.1 Å². The van der Waals surface area contributed by atoms with E-state index < -0.39 is 0 Å². The van der Waals surface area contributed by atoms with Crippen molar-refractivity contribution in [1.82, 2.24) is 8.75 Å². The highest BCUT2D eigenvalue weighted by molar-refractivity contribution is 6.99. The van der Waals surface area contributed by atoms with E-state index in [0.717, 1.165) is 17.3 Å². The summed E-state index contributed by atoms with van der Waals surface area (Å²) in [7, 11) is 0. The summed E-state index contributed by atoms with van der Waals surface area (Å²) in [4.78, 5) is 12.0. The first kappa shape index (κ1) is 15.6. The van der Waals surface area contributed by atoms with Gasteiger partial charge in [-0.1, -0.05) is 18.2 Å². The van der Waals surface area contributed by atoms with E-state index in [0.29, 0.717) is 23.6 Å². The van der Waals surface area contributed by atoms with Crippen molar-refractivity contribution in [2.75, 3.05) is 5.32 Å². The van der Waals surface area contributed by atoms with Crippen molar-refractivity contribution in [3.63, 3.8) is 0 Å². The Hall–Kier alpha value is -3.24. The van der Waals surface area contributed by atoms with Gasteiger partial charge in [0, 0.05) is 11.8 Å². The van der Waals surface area contributed by atoms with E-state index in [-0.39, 0.29) is 11.6 Å². The van der Waals surface area contributed by atoms with Gasteiger partial charge in [-0.25, -0.2) is 0 Å². The van der Waals surface area contributed by atoms with Crippen LogP contribution in [0.4, 0.5) is 5.69 Å². The predicted molar refractivity (Wildman–Crippen MR) is 89.8 cm³/mol. The topological polar surface area (TPSA) is 87.9 Å². The van der Waals surface area contributed by atoms with Crippen LogP contribution in [0.3, 0.4) is 0 Å². The molecule has 1 aromatic heterocycles. The number of carbonyl (C=O) groups excluding carboxylic acids is 1. The average molecular weight is 336 g/mol. The molecule has 0 saturated heterocycles. The van der Waals surface area contributed by atoms with E-state index in [9.17, 15) is 4.79 Å². The summed E-state index contributed by atoms with van der Waals surface area (Å²) in [5, 5.41) is 11.6. The van der Waals surface area contributed by atoms with Crippen molar-refractivity contribution < 1.29 is 9.53 Å². The molecule has 2 aromatic carbocycles. The molecule has 24 heavy (non-hydrogen) atoms. The molecule has 0 unspecified atom stereocenters. The lowest BCUT2D eigenvalue weighted by atomic mass is 10.1. The number of amides is 1. The Bertz CT molecular complexity index is 888. The monoisotopic (exact) mass is 336 g/mol. The first-order chi connectivity index (χ1) is 11.7. The Morgan fingerprint density at radius 1 is 1.25 bits per heavy atom. The van der Waals surface area contributed by atoms with E-state index in [4.69, 9.17) is 10.00 Å². The van der Waals surface area contributed by atoms with E-state index >= 15 is 0 Å². The van der Waals surface area contributed by atoms with Crippen LogP contribution in [0.2, 0.25) is 0 Å². The highest BCUT2D eigenvalue weighted by Gasteiger charge is 2.09. The van der Waals surface area contributed by atoms with Crippen LogP contribution in [0.1, 0.15) is 21.6 Å². The Morgan fingerprint density at radius 3 is 2.92 bits per heavy atom. The van der Waals surface area contributed by atoms with Crippen molar-refractivity contribution in [3.05, 3.63) is 71.5 Å². The number of rotatable bonds is 5. The molecule has 1 N–H and O–H groups in total. The summed E-state index contributed by atoms with van der Waals surface area (Å²) in [5.41, 5.74) is 2.38. The van der Waals surface area contributed by atoms with Gasteiger partial charge in [-0.3, -0.25) is 4.79 Å². The Balaban J connectivity index is 1.65. The first-order valence-electron chi connectivity index (χ1n) is 7.05. The largest absolute Gasteiger partial charge is 0.489 e. The molecule has 0 atom stereocenters. The van der Waals surface area contributed by atoms with Crippen molar-refractivity contribution >= 4 is 23.3 Å². The molecule has 0 bridgehead atoms. The van der Waals surface area contributed by atoms with Gasteiger partial charge in [-0.05, 0) is 29.8 Å². The number of nitrogens with one attached hydrogen (secondary N) is 1. The lowest BCUT2D eigenvalue weighted by Crippen LogP contribution is -2.12. The van der Waals surface area contributed by atoms with Crippen LogP contribution in [-0.4, -0.2) is 14.7 Å². The minimum Gasteiger partial charge on any atom is -0.489 e. The number of anilines is 1. The molecule has 0 radical (unpaired) electrons. The van der Waals surface area contributed by atoms with Crippen LogP contribution in [0.5, 0.6) is 5.75 Å². The second kappa shape index (κ2) is 7.35. The Kier molecular flexibility index (Phi) is 4.79. The van der Waals surface area contributed by atoms with Gasteiger partial charge in [0.2, 0.25) is 0 Å². The lowest BCUT2D eigenvalue weighted by Gasteiger charge is -2.09. The van der Waals surface area contributed by atoms with Crippen LogP contribution in [-0.2, 0) is 6.61 Å². The SMILES string of the molecule is N#Cc1cccc(COc2cccc(NC(=O)c3cnsn3)c2)c1. The molecule has 6 nitrogen and oxygen atoms in total. The number of nitrogens with zero attached hydrogens (tertiary/aromatic N) is 3. The van der Waals surface area contributed by atoms with Crippen LogP contribution >= 0.6 is 11.7 Å². The first-order valence-corrected chi connectivity index (χ1v) is 7.78. The molecular weight excluding hydrogens is 324 g/mol. The zero-order valence-electron chi connectivity index (χ0n) is 12.5. The summed E-state index contributed by atoms with van der Waals surface area (Å²) in [6.45, 7) is 0.336. The van der Waals surface area contributed by atoms with Crippen LogP contribution in [0, 0.1) is 11.3 Å². The quantitative estimate of drug-likeness (QED) is 0.773. The fourth-order valence-corrected chi connectivity index (χ4v) is 2.43. The van der Waals surface area contributed by atoms with E-state index in [1.165, 1.54) is 6.20 Å². The molecule has 0 aliphatic rings. The van der Waals surface area contributed by atoms with Gasteiger partial charge in [0.1, 0.15) is 12.4 Å². The normalized spacial score (nSPS) is 9.96. The second-order valence-electron chi connectivity index (χ2n) is 4.88. The van der Waals surface area contributed by atoms with Gasteiger partial charge in [0.05, 0.1) is 29.6 Å². The van der Waals surface area contributed by atoms with Crippen molar-refractivity contribution in [3.8, 4) is 11.8 Å². The zero-order valence-corrected chi connectivity index (χ0v) is 13.3. The molecule has 7 heteroatoms. The molecule has 0 saturated carbocycles. The van der Waals surface area contributed by atoms with E-state index in [2.05, 4.69) is 20.1 Å². The van der Waals surface area contributed by atoms with Crippen molar-refractivity contribution in [1.29, 1.82) is 5.26 Å². The van der Waals surface area contributed by atoms with Gasteiger partial charge in [0.25, 0.3) is 5.91 Å². The fraction of sp³-hybridized carbons (Fsp3) is 0.0588. The molecule has 1 amide bonds. The van der Waals surface area contributed by atoms with E-state index in [1.54, 1.807) is 36.4 Å². The molecule has 3 rings (SSSR count). The minimum absolute atomic E-state index is 0.277. The third-order valence-electron chi connectivity index (χ3n) is 3.15. The summed E-state index contributed by atoms with van der Waals surface area (Å²) < 4.78 is 13.4. The van der Waals surface area contributed by atoms with Gasteiger partial charge in [-0.15, -0.1) is 0 Å².